The maximum Gasteiger partial charge on any atom is 0.254 e. The van der Waals surface area contributed by atoms with Crippen LogP contribution in [0.5, 0.6) is 17.2 Å². The summed E-state index contributed by atoms with van der Waals surface area (Å²) in [4.78, 5) is 15.3. The van der Waals surface area contributed by atoms with Crippen molar-refractivity contribution in [3.63, 3.8) is 0 Å². The number of nitrogens with zero attached hydrogens (tertiary/aromatic N) is 1. The molecular weight excluding hydrogens is 426 g/mol. The summed E-state index contributed by atoms with van der Waals surface area (Å²) < 4.78 is 22.6. The molecule has 1 fully saturated rings. The van der Waals surface area contributed by atoms with Crippen LogP contribution in [0.15, 0.2) is 59.3 Å². The third-order valence-corrected chi connectivity index (χ3v) is 6.34. The number of ether oxygens (including phenoxy) is 4. The first-order valence-electron chi connectivity index (χ1n) is 10.8. The minimum atomic E-state index is -0.0524. The molecule has 1 unspecified atom stereocenters. The highest BCUT2D eigenvalue weighted by Crippen LogP contribution is 2.33. The van der Waals surface area contributed by atoms with E-state index >= 15 is 0 Å². The van der Waals surface area contributed by atoms with Gasteiger partial charge in [0, 0.05) is 25.3 Å². The van der Waals surface area contributed by atoms with E-state index in [0.29, 0.717) is 36.8 Å². The van der Waals surface area contributed by atoms with Gasteiger partial charge in [-0.3, -0.25) is 4.79 Å². The molecule has 2 aromatic carbocycles. The Bertz CT molecular complexity index is 1060. The van der Waals surface area contributed by atoms with Crippen LogP contribution in [0.2, 0.25) is 0 Å². The normalized spacial score (nSPS) is 16.8. The van der Waals surface area contributed by atoms with E-state index in [1.165, 1.54) is 0 Å². The van der Waals surface area contributed by atoms with Gasteiger partial charge in [0.2, 0.25) is 6.79 Å². The summed E-state index contributed by atoms with van der Waals surface area (Å²) in [6.45, 7) is 2.49. The molecule has 32 heavy (non-hydrogen) atoms. The molecule has 166 valence electrons. The first-order chi connectivity index (χ1) is 15.7. The molecule has 1 saturated heterocycles. The summed E-state index contributed by atoms with van der Waals surface area (Å²) in [6.07, 6.45) is 2.06. The van der Waals surface area contributed by atoms with Crippen molar-refractivity contribution in [2.75, 3.05) is 19.9 Å². The summed E-state index contributed by atoms with van der Waals surface area (Å²) in [7, 11) is 0. The Hall–Kier alpha value is -3.03. The smallest absolute Gasteiger partial charge is 0.254 e. The second-order valence-corrected chi connectivity index (χ2v) is 8.74. The Kier molecular flexibility index (Phi) is 6.27. The lowest BCUT2D eigenvalue weighted by Gasteiger charge is -2.26. The number of benzene rings is 2. The van der Waals surface area contributed by atoms with E-state index in [-0.39, 0.29) is 18.8 Å². The van der Waals surface area contributed by atoms with Crippen LogP contribution >= 0.6 is 11.3 Å². The van der Waals surface area contributed by atoms with E-state index in [1.807, 2.05) is 34.5 Å². The molecule has 0 saturated carbocycles. The van der Waals surface area contributed by atoms with Crippen molar-refractivity contribution >= 4 is 17.2 Å². The topological polar surface area (TPSA) is 57.2 Å². The second-order valence-electron chi connectivity index (χ2n) is 7.96. The largest absolute Gasteiger partial charge is 0.489 e. The van der Waals surface area contributed by atoms with Crippen molar-refractivity contribution < 1.29 is 23.7 Å². The summed E-state index contributed by atoms with van der Waals surface area (Å²) in [5.41, 5.74) is 2.75. The lowest BCUT2D eigenvalue weighted by Crippen LogP contribution is -2.37. The Morgan fingerprint density at radius 2 is 2.03 bits per heavy atom. The van der Waals surface area contributed by atoms with Crippen LogP contribution in [0.1, 0.15) is 34.3 Å². The Morgan fingerprint density at radius 3 is 2.88 bits per heavy atom. The quantitative estimate of drug-likeness (QED) is 0.489. The Labute approximate surface area is 191 Å². The zero-order chi connectivity index (χ0) is 21.8. The lowest BCUT2D eigenvalue weighted by molar-refractivity contribution is 0.0507. The second kappa shape index (κ2) is 9.63. The fourth-order valence-corrected chi connectivity index (χ4v) is 4.61. The molecule has 2 aliphatic rings. The molecule has 2 aliphatic heterocycles. The van der Waals surface area contributed by atoms with Crippen LogP contribution in [0.3, 0.4) is 0 Å². The van der Waals surface area contributed by atoms with Gasteiger partial charge in [0.25, 0.3) is 5.91 Å². The number of carbonyl (C=O) groups excluding carboxylic acids is 1. The van der Waals surface area contributed by atoms with Crippen LogP contribution < -0.4 is 14.2 Å². The number of rotatable bonds is 8. The van der Waals surface area contributed by atoms with Crippen molar-refractivity contribution in [3.8, 4) is 17.2 Å². The van der Waals surface area contributed by atoms with Crippen LogP contribution in [-0.2, 0) is 17.9 Å². The molecule has 1 atom stereocenters. The summed E-state index contributed by atoms with van der Waals surface area (Å²) in [6, 6.07) is 15.3. The number of hydrogen-bond acceptors (Lipinski definition) is 6. The van der Waals surface area contributed by atoms with Crippen LogP contribution in [0.4, 0.5) is 0 Å². The highest BCUT2D eigenvalue weighted by atomic mass is 32.1. The molecular formula is C25H25NO5S. The highest BCUT2D eigenvalue weighted by Gasteiger charge is 2.25. The number of fused-ring (bicyclic) bond motifs is 1. The first-order valence-corrected chi connectivity index (χ1v) is 11.7. The molecule has 0 radical (unpaired) electrons. The summed E-state index contributed by atoms with van der Waals surface area (Å²) in [5.74, 6) is 2.02. The van der Waals surface area contributed by atoms with E-state index in [1.54, 1.807) is 29.5 Å². The van der Waals surface area contributed by atoms with Gasteiger partial charge in [-0.25, -0.2) is 0 Å². The van der Waals surface area contributed by atoms with Crippen molar-refractivity contribution in [2.45, 2.75) is 32.1 Å². The SMILES string of the molecule is O=C(c1ccc2c(c1)OCO2)N(Cc1cccc(OCc2ccsc2)c1)CC1CCCO1. The van der Waals surface area contributed by atoms with E-state index in [0.717, 1.165) is 36.3 Å². The molecule has 1 aromatic heterocycles. The minimum absolute atomic E-state index is 0.0524. The molecule has 7 heteroatoms. The molecule has 0 N–H and O–H groups in total. The third-order valence-electron chi connectivity index (χ3n) is 5.61. The molecule has 3 heterocycles. The lowest BCUT2D eigenvalue weighted by atomic mass is 10.1. The predicted octanol–water partition coefficient (Wildman–Crippen LogP) is 4.88. The number of amides is 1. The zero-order valence-electron chi connectivity index (χ0n) is 17.7. The maximum atomic E-state index is 13.4. The molecule has 0 bridgehead atoms. The van der Waals surface area contributed by atoms with E-state index in [2.05, 4.69) is 11.4 Å². The van der Waals surface area contributed by atoms with Crippen molar-refractivity contribution in [1.82, 2.24) is 4.90 Å². The maximum absolute atomic E-state index is 13.4. The highest BCUT2D eigenvalue weighted by molar-refractivity contribution is 7.07. The van der Waals surface area contributed by atoms with Crippen molar-refractivity contribution in [2.24, 2.45) is 0 Å². The van der Waals surface area contributed by atoms with Gasteiger partial charge in [0.15, 0.2) is 11.5 Å². The predicted molar refractivity (Wildman–Crippen MR) is 121 cm³/mol. The average molecular weight is 452 g/mol. The molecule has 6 nitrogen and oxygen atoms in total. The van der Waals surface area contributed by atoms with E-state index < -0.39 is 0 Å². The van der Waals surface area contributed by atoms with E-state index in [9.17, 15) is 4.79 Å². The average Bonchev–Trinajstić information content (AvgIpc) is 3.59. The van der Waals surface area contributed by atoms with Crippen LogP contribution in [0.25, 0.3) is 0 Å². The van der Waals surface area contributed by atoms with Gasteiger partial charge in [-0.15, -0.1) is 0 Å². The minimum Gasteiger partial charge on any atom is -0.489 e. The van der Waals surface area contributed by atoms with Gasteiger partial charge in [-0.2, -0.15) is 11.3 Å². The van der Waals surface area contributed by atoms with E-state index in [4.69, 9.17) is 18.9 Å². The molecule has 1 amide bonds. The summed E-state index contributed by atoms with van der Waals surface area (Å²) in [5, 5.41) is 4.12. The molecule has 3 aromatic rings. The zero-order valence-corrected chi connectivity index (χ0v) is 18.5. The standard InChI is InChI=1S/C25H25NO5S/c27-25(20-6-7-23-24(12-20)31-17-30-23)26(14-22-5-2-9-28-22)13-18-3-1-4-21(11-18)29-15-19-8-10-32-16-19/h1,3-4,6-8,10-12,16,22H,2,5,9,13-15,17H2. The monoisotopic (exact) mass is 451 g/mol. The number of thiophene rings is 1. The fraction of sp³-hybridized carbons (Fsp3) is 0.320. The number of hydrogen-bond donors (Lipinski definition) is 0. The van der Waals surface area contributed by atoms with Gasteiger partial charge >= 0.3 is 0 Å². The van der Waals surface area contributed by atoms with Crippen LogP contribution in [-0.4, -0.2) is 36.9 Å². The molecule has 5 rings (SSSR count). The van der Waals surface area contributed by atoms with Gasteiger partial charge < -0.3 is 23.8 Å². The van der Waals surface area contributed by atoms with Gasteiger partial charge in [0.05, 0.1) is 6.10 Å². The molecule has 0 aliphatic carbocycles. The molecule has 0 spiro atoms. The van der Waals surface area contributed by atoms with Gasteiger partial charge in [-0.1, -0.05) is 12.1 Å². The Morgan fingerprint density at radius 1 is 1.09 bits per heavy atom. The van der Waals surface area contributed by atoms with Gasteiger partial charge in [0.1, 0.15) is 12.4 Å². The van der Waals surface area contributed by atoms with Crippen molar-refractivity contribution in [3.05, 3.63) is 76.0 Å². The van der Waals surface area contributed by atoms with Crippen molar-refractivity contribution in [1.29, 1.82) is 0 Å². The summed E-state index contributed by atoms with van der Waals surface area (Å²) >= 11 is 1.66. The van der Waals surface area contributed by atoms with Gasteiger partial charge in [-0.05, 0) is 71.1 Å². The third kappa shape index (κ3) is 4.89. The Balaban J connectivity index is 1.32. The fourth-order valence-electron chi connectivity index (χ4n) is 3.96. The first kappa shape index (κ1) is 20.8. The number of carbonyl (C=O) groups is 1. The van der Waals surface area contributed by atoms with Crippen LogP contribution in [0, 0.1) is 0 Å².